The zero-order valence-corrected chi connectivity index (χ0v) is 13.3. The lowest BCUT2D eigenvalue weighted by molar-refractivity contribution is -0.142. The minimum absolute atomic E-state index is 0.215. The molecule has 3 rings (SSSR count). The van der Waals surface area contributed by atoms with Gasteiger partial charge in [0.1, 0.15) is 6.04 Å². The van der Waals surface area contributed by atoms with Gasteiger partial charge in [-0.15, -0.1) is 0 Å². The Kier molecular flexibility index (Phi) is 4.31. The van der Waals surface area contributed by atoms with Crippen molar-refractivity contribution in [1.29, 1.82) is 0 Å². The summed E-state index contributed by atoms with van der Waals surface area (Å²) in [6.45, 7) is 0.215. The van der Waals surface area contributed by atoms with Gasteiger partial charge < -0.3 is 10.5 Å². The first-order valence-electron chi connectivity index (χ1n) is 7.76. The number of ether oxygens (including phenoxy) is 1. The number of nitrogens with two attached hydrogens (primary N) is 1. The minimum Gasteiger partial charge on any atom is -0.468 e. The molecule has 2 amide bonds. The standard InChI is InChI=1S/C18H18N2O4/c1-24-18(23)14(19)9-4-10-20-16(21)12-7-2-5-11-6-3-8-13(15(11)12)17(20)22/h2-3,5-8,14H,4,9-10,19H2,1H3/t14-/m0/s1. The molecular formula is C18H18N2O4. The van der Waals surface area contributed by atoms with E-state index in [1.54, 1.807) is 24.3 Å². The maximum Gasteiger partial charge on any atom is 0.322 e. The van der Waals surface area contributed by atoms with Crippen molar-refractivity contribution < 1.29 is 19.1 Å². The molecule has 0 spiro atoms. The predicted molar refractivity (Wildman–Crippen MR) is 88.5 cm³/mol. The molecule has 1 heterocycles. The number of rotatable bonds is 5. The Morgan fingerprint density at radius 1 is 1.12 bits per heavy atom. The zero-order chi connectivity index (χ0) is 17.3. The van der Waals surface area contributed by atoms with Gasteiger partial charge >= 0.3 is 5.97 Å². The fourth-order valence-corrected chi connectivity index (χ4v) is 3.02. The van der Waals surface area contributed by atoms with Crippen molar-refractivity contribution in [1.82, 2.24) is 4.90 Å². The summed E-state index contributed by atoms with van der Waals surface area (Å²) in [6, 6.07) is 10.1. The summed E-state index contributed by atoms with van der Waals surface area (Å²) in [6.07, 6.45) is 0.779. The number of benzene rings is 2. The number of imide groups is 1. The van der Waals surface area contributed by atoms with Crippen LogP contribution in [0.3, 0.4) is 0 Å². The number of hydrogen-bond acceptors (Lipinski definition) is 5. The van der Waals surface area contributed by atoms with Gasteiger partial charge in [0, 0.05) is 23.1 Å². The highest BCUT2D eigenvalue weighted by molar-refractivity contribution is 6.25. The van der Waals surface area contributed by atoms with Crippen LogP contribution >= 0.6 is 0 Å². The number of methoxy groups -OCH3 is 1. The van der Waals surface area contributed by atoms with Gasteiger partial charge in [0.2, 0.25) is 0 Å². The quantitative estimate of drug-likeness (QED) is 0.667. The Bertz CT molecular complexity index is 780. The number of amides is 2. The molecule has 2 aromatic rings. The maximum atomic E-state index is 12.7. The van der Waals surface area contributed by atoms with E-state index in [4.69, 9.17) is 5.73 Å². The van der Waals surface area contributed by atoms with Crippen LogP contribution in [0.5, 0.6) is 0 Å². The molecule has 0 saturated heterocycles. The van der Waals surface area contributed by atoms with Gasteiger partial charge in [-0.25, -0.2) is 0 Å². The normalized spacial score (nSPS) is 14.8. The van der Waals surface area contributed by atoms with Gasteiger partial charge in [-0.05, 0) is 30.4 Å². The average molecular weight is 326 g/mol. The number of carbonyl (C=O) groups excluding carboxylic acids is 3. The second-order valence-electron chi connectivity index (χ2n) is 5.74. The highest BCUT2D eigenvalue weighted by Gasteiger charge is 2.32. The van der Waals surface area contributed by atoms with E-state index < -0.39 is 12.0 Å². The largest absolute Gasteiger partial charge is 0.468 e. The molecule has 0 saturated carbocycles. The van der Waals surface area contributed by atoms with Gasteiger partial charge in [0.05, 0.1) is 7.11 Å². The third-order valence-corrected chi connectivity index (χ3v) is 4.26. The second kappa shape index (κ2) is 6.41. The first-order valence-corrected chi connectivity index (χ1v) is 7.76. The summed E-state index contributed by atoms with van der Waals surface area (Å²) < 4.78 is 4.57. The summed E-state index contributed by atoms with van der Waals surface area (Å²) in [4.78, 5) is 37.9. The maximum absolute atomic E-state index is 12.7. The molecule has 1 atom stereocenters. The van der Waals surface area contributed by atoms with E-state index in [2.05, 4.69) is 4.74 Å². The Morgan fingerprint density at radius 2 is 1.71 bits per heavy atom. The van der Waals surface area contributed by atoms with Crippen molar-refractivity contribution in [2.24, 2.45) is 5.73 Å². The summed E-state index contributed by atoms with van der Waals surface area (Å²) in [7, 11) is 1.28. The van der Waals surface area contributed by atoms with Crippen molar-refractivity contribution in [2.75, 3.05) is 13.7 Å². The zero-order valence-electron chi connectivity index (χ0n) is 13.3. The first kappa shape index (κ1) is 16.1. The molecule has 2 aromatic carbocycles. The van der Waals surface area contributed by atoms with E-state index >= 15 is 0 Å². The lowest BCUT2D eigenvalue weighted by Crippen LogP contribution is -2.41. The molecule has 0 unspecified atom stereocenters. The highest BCUT2D eigenvalue weighted by Crippen LogP contribution is 2.30. The van der Waals surface area contributed by atoms with Crippen molar-refractivity contribution in [2.45, 2.75) is 18.9 Å². The fraction of sp³-hybridized carbons (Fsp3) is 0.278. The average Bonchev–Trinajstić information content (AvgIpc) is 2.61. The fourth-order valence-electron chi connectivity index (χ4n) is 3.02. The Balaban J connectivity index is 1.81. The molecule has 0 aromatic heterocycles. The molecule has 1 aliphatic rings. The highest BCUT2D eigenvalue weighted by atomic mass is 16.5. The van der Waals surface area contributed by atoms with Gasteiger partial charge in [0.15, 0.2) is 0 Å². The van der Waals surface area contributed by atoms with Gasteiger partial charge in [-0.2, -0.15) is 0 Å². The van der Waals surface area contributed by atoms with Crippen LogP contribution in [-0.2, 0) is 9.53 Å². The number of hydrogen-bond donors (Lipinski definition) is 1. The van der Waals surface area contributed by atoms with Crippen molar-refractivity contribution >= 4 is 28.6 Å². The third kappa shape index (κ3) is 2.65. The molecule has 24 heavy (non-hydrogen) atoms. The van der Waals surface area contributed by atoms with E-state index in [-0.39, 0.29) is 18.4 Å². The van der Waals surface area contributed by atoms with Crippen LogP contribution in [0.1, 0.15) is 33.6 Å². The Labute approximate surface area is 139 Å². The van der Waals surface area contributed by atoms with E-state index in [0.717, 1.165) is 5.39 Å². The molecule has 1 aliphatic heterocycles. The lowest BCUT2D eigenvalue weighted by Gasteiger charge is -2.27. The summed E-state index contributed by atoms with van der Waals surface area (Å²) in [5.41, 5.74) is 6.74. The van der Waals surface area contributed by atoms with E-state index in [0.29, 0.717) is 29.4 Å². The van der Waals surface area contributed by atoms with Crippen molar-refractivity contribution in [3.63, 3.8) is 0 Å². The lowest BCUT2D eigenvalue weighted by atomic mass is 9.94. The number of esters is 1. The van der Waals surface area contributed by atoms with Crippen LogP contribution in [0.4, 0.5) is 0 Å². The van der Waals surface area contributed by atoms with E-state index in [1.807, 2.05) is 12.1 Å². The molecule has 0 radical (unpaired) electrons. The molecule has 124 valence electrons. The molecule has 0 bridgehead atoms. The van der Waals surface area contributed by atoms with Crippen LogP contribution in [-0.4, -0.2) is 42.4 Å². The molecular weight excluding hydrogens is 308 g/mol. The third-order valence-electron chi connectivity index (χ3n) is 4.26. The Hall–Kier alpha value is -2.73. The molecule has 6 nitrogen and oxygen atoms in total. The van der Waals surface area contributed by atoms with Crippen LogP contribution in [0.2, 0.25) is 0 Å². The SMILES string of the molecule is COC(=O)[C@@H](N)CCCN1C(=O)c2cccc3cccc(c23)C1=O. The second-order valence-corrected chi connectivity index (χ2v) is 5.74. The molecule has 2 N–H and O–H groups in total. The van der Waals surface area contributed by atoms with E-state index in [1.165, 1.54) is 12.0 Å². The monoisotopic (exact) mass is 326 g/mol. The minimum atomic E-state index is -0.749. The van der Waals surface area contributed by atoms with Crippen LogP contribution < -0.4 is 5.73 Å². The number of nitrogens with zero attached hydrogens (tertiary/aromatic N) is 1. The van der Waals surface area contributed by atoms with Gasteiger partial charge in [-0.1, -0.05) is 24.3 Å². The van der Waals surface area contributed by atoms with Crippen LogP contribution in [0, 0.1) is 0 Å². The van der Waals surface area contributed by atoms with Crippen molar-refractivity contribution in [3.8, 4) is 0 Å². The summed E-state index contributed by atoms with van der Waals surface area (Å²) in [5, 5.41) is 1.58. The number of carbonyl (C=O) groups is 3. The summed E-state index contributed by atoms with van der Waals surface area (Å²) in [5.74, 6) is -1.12. The van der Waals surface area contributed by atoms with Crippen LogP contribution in [0.15, 0.2) is 36.4 Å². The smallest absolute Gasteiger partial charge is 0.322 e. The Morgan fingerprint density at radius 3 is 2.25 bits per heavy atom. The van der Waals surface area contributed by atoms with Gasteiger partial charge in [-0.3, -0.25) is 19.3 Å². The van der Waals surface area contributed by atoms with Gasteiger partial charge in [0.25, 0.3) is 11.8 Å². The predicted octanol–water partition coefficient (Wildman–Crippen LogP) is 1.72. The topological polar surface area (TPSA) is 89.7 Å². The molecule has 6 heteroatoms. The van der Waals surface area contributed by atoms with E-state index in [9.17, 15) is 14.4 Å². The summed E-state index contributed by atoms with van der Waals surface area (Å²) >= 11 is 0. The first-order chi connectivity index (χ1) is 11.5. The molecule has 0 aliphatic carbocycles. The van der Waals surface area contributed by atoms with Crippen LogP contribution in [0.25, 0.3) is 10.8 Å². The van der Waals surface area contributed by atoms with Crippen molar-refractivity contribution in [3.05, 3.63) is 47.5 Å². The molecule has 0 fully saturated rings.